The Morgan fingerprint density at radius 3 is 2.57 bits per heavy atom. The van der Waals surface area contributed by atoms with Crippen LogP contribution in [0.2, 0.25) is 0 Å². The number of halogens is 1. The molecule has 0 saturated heterocycles. The molecule has 7 nitrogen and oxygen atoms in total. The molecule has 0 aromatic heterocycles. The zero-order valence-electron chi connectivity index (χ0n) is 16.7. The number of ether oxygens (including phenoxy) is 3. The molecule has 0 saturated carbocycles. The lowest BCUT2D eigenvalue weighted by molar-refractivity contribution is -0.139. The smallest absolute Gasteiger partial charge is 0.338 e. The van der Waals surface area contributed by atoms with Gasteiger partial charge in [-0.25, -0.2) is 9.59 Å². The highest BCUT2D eigenvalue weighted by Gasteiger charge is 2.34. The van der Waals surface area contributed by atoms with Gasteiger partial charge >= 0.3 is 12.0 Å². The van der Waals surface area contributed by atoms with Crippen LogP contribution < -0.4 is 20.1 Å². The van der Waals surface area contributed by atoms with Gasteiger partial charge in [0.2, 0.25) is 0 Å². The van der Waals surface area contributed by atoms with Crippen molar-refractivity contribution < 1.29 is 23.8 Å². The second-order valence-electron chi connectivity index (χ2n) is 6.21. The Labute approximate surface area is 173 Å². The molecule has 1 aliphatic rings. The molecule has 1 heterocycles. The van der Waals surface area contributed by atoms with E-state index in [4.69, 9.17) is 14.2 Å². The van der Waals surface area contributed by atoms with E-state index in [0.717, 1.165) is 12.8 Å². The molecule has 2 rings (SSSR count). The van der Waals surface area contributed by atoms with Gasteiger partial charge in [0.1, 0.15) is 0 Å². The fraction of sp³-hybridized carbons (Fsp3) is 0.500. The molecule has 1 atom stereocenters. The van der Waals surface area contributed by atoms with Crippen molar-refractivity contribution in [2.75, 3.05) is 20.3 Å². The molecule has 0 radical (unpaired) electrons. The van der Waals surface area contributed by atoms with E-state index in [1.54, 1.807) is 20.1 Å². The van der Waals surface area contributed by atoms with Gasteiger partial charge in [0, 0.05) is 5.70 Å². The third-order valence-corrected chi connectivity index (χ3v) is 4.89. The SMILES string of the molecule is CCCCC1=C(C(=O)OCC)C(c2cc(Br)c(OCC)c(OC)c2)NC(=O)N1. The number of allylic oxidation sites excluding steroid dienone is 1. The van der Waals surface area contributed by atoms with Crippen LogP contribution in [0, 0.1) is 0 Å². The van der Waals surface area contributed by atoms with Gasteiger partial charge in [-0.2, -0.15) is 0 Å². The molecule has 0 bridgehead atoms. The van der Waals surface area contributed by atoms with E-state index >= 15 is 0 Å². The van der Waals surface area contributed by atoms with Crippen molar-refractivity contribution >= 4 is 27.9 Å². The first-order valence-corrected chi connectivity index (χ1v) is 10.2. The fourth-order valence-corrected chi connectivity index (χ4v) is 3.63. The number of urea groups is 1. The third-order valence-electron chi connectivity index (χ3n) is 4.30. The van der Waals surface area contributed by atoms with Crippen LogP contribution in [-0.4, -0.2) is 32.3 Å². The Kier molecular flexibility index (Phi) is 8.17. The van der Waals surface area contributed by atoms with Gasteiger partial charge in [0.05, 0.1) is 36.4 Å². The first kappa shape index (κ1) is 22.1. The van der Waals surface area contributed by atoms with Gasteiger partial charge in [-0.05, 0) is 60.3 Å². The number of carbonyl (C=O) groups excluding carboxylic acids is 2. The molecule has 2 N–H and O–H groups in total. The Morgan fingerprint density at radius 1 is 1.21 bits per heavy atom. The summed E-state index contributed by atoms with van der Waals surface area (Å²) < 4.78 is 17.0. The maximum atomic E-state index is 12.7. The quantitative estimate of drug-likeness (QED) is 0.545. The van der Waals surface area contributed by atoms with Crippen LogP contribution in [-0.2, 0) is 9.53 Å². The van der Waals surface area contributed by atoms with Gasteiger partial charge in [0.15, 0.2) is 11.5 Å². The number of esters is 1. The molecular weight excluding hydrogens is 428 g/mol. The molecule has 0 aliphatic carbocycles. The minimum absolute atomic E-state index is 0.250. The minimum Gasteiger partial charge on any atom is -0.493 e. The average molecular weight is 455 g/mol. The summed E-state index contributed by atoms with van der Waals surface area (Å²) in [6, 6.07) is 2.58. The normalized spacial score (nSPS) is 16.3. The topological polar surface area (TPSA) is 85.9 Å². The van der Waals surface area contributed by atoms with Crippen molar-refractivity contribution in [3.05, 3.63) is 33.4 Å². The molecule has 1 aromatic rings. The highest BCUT2D eigenvalue weighted by atomic mass is 79.9. The zero-order chi connectivity index (χ0) is 20.7. The fourth-order valence-electron chi connectivity index (χ4n) is 3.06. The molecule has 154 valence electrons. The summed E-state index contributed by atoms with van der Waals surface area (Å²) in [5.74, 6) is 0.634. The predicted molar refractivity (Wildman–Crippen MR) is 109 cm³/mol. The Bertz CT molecular complexity index is 763. The number of hydrogen-bond donors (Lipinski definition) is 2. The molecule has 28 heavy (non-hydrogen) atoms. The van der Waals surface area contributed by atoms with Crippen LogP contribution in [0.15, 0.2) is 27.9 Å². The van der Waals surface area contributed by atoms with Crippen LogP contribution in [0.1, 0.15) is 51.6 Å². The largest absolute Gasteiger partial charge is 0.493 e. The van der Waals surface area contributed by atoms with Gasteiger partial charge in [-0.1, -0.05) is 13.3 Å². The Balaban J connectivity index is 2.57. The van der Waals surface area contributed by atoms with Gasteiger partial charge in [-0.3, -0.25) is 0 Å². The van der Waals surface area contributed by atoms with Crippen LogP contribution in [0.3, 0.4) is 0 Å². The number of methoxy groups -OCH3 is 1. The monoisotopic (exact) mass is 454 g/mol. The molecule has 1 aliphatic heterocycles. The number of benzene rings is 1. The number of nitrogens with one attached hydrogen (secondary N) is 2. The summed E-state index contributed by atoms with van der Waals surface area (Å²) in [5, 5.41) is 5.61. The van der Waals surface area contributed by atoms with Gasteiger partial charge < -0.3 is 24.8 Å². The molecule has 1 unspecified atom stereocenters. The number of unbranched alkanes of at least 4 members (excludes halogenated alkanes) is 1. The average Bonchev–Trinajstić information content (AvgIpc) is 2.67. The lowest BCUT2D eigenvalue weighted by Gasteiger charge is -2.30. The molecule has 8 heteroatoms. The van der Waals surface area contributed by atoms with Crippen LogP contribution >= 0.6 is 15.9 Å². The first-order valence-electron chi connectivity index (χ1n) is 9.44. The lowest BCUT2D eigenvalue weighted by Crippen LogP contribution is -2.46. The molecule has 2 amide bonds. The summed E-state index contributed by atoms with van der Waals surface area (Å²) in [6.07, 6.45) is 2.38. The van der Waals surface area contributed by atoms with Crippen molar-refractivity contribution in [3.63, 3.8) is 0 Å². The van der Waals surface area contributed by atoms with E-state index in [1.807, 2.05) is 13.0 Å². The summed E-state index contributed by atoms with van der Waals surface area (Å²) in [4.78, 5) is 25.0. The number of rotatable bonds is 9. The van der Waals surface area contributed by atoms with E-state index in [2.05, 4.69) is 33.5 Å². The highest BCUT2D eigenvalue weighted by Crippen LogP contribution is 2.40. The molecule has 1 aromatic carbocycles. The molecule has 0 fully saturated rings. The molecule has 0 spiro atoms. The lowest BCUT2D eigenvalue weighted by atomic mass is 9.93. The van der Waals surface area contributed by atoms with Crippen molar-refractivity contribution in [1.29, 1.82) is 0 Å². The Hall–Kier alpha value is -2.22. The van der Waals surface area contributed by atoms with E-state index < -0.39 is 12.0 Å². The van der Waals surface area contributed by atoms with E-state index in [-0.39, 0.29) is 12.6 Å². The van der Waals surface area contributed by atoms with Gasteiger partial charge in [0.25, 0.3) is 0 Å². The molecular formula is C20H27BrN2O5. The van der Waals surface area contributed by atoms with Gasteiger partial charge in [-0.15, -0.1) is 0 Å². The van der Waals surface area contributed by atoms with Crippen molar-refractivity contribution in [2.24, 2.45) is 0 Å². The van der Waals surface area contributed by atoms with Crippen molar-refractivity contribution in [1.82, 2.24) is 10.6 Å². The van der Waals surface area contributed by atoms with Crippen LogP contribution in [0.5, 0.6) is 11.5 Å². The zero-order valence-corrected chi connectivity index (χ0v) is 18.3. The number of carbonyl (C=O) groups is 2. The summed E-state index contributed by atoms with van der Waals surface area (Å²) in [6.45, 7) is 6.42. The highest BCUT2D eigenvalue weighted by molar-refractivity contribution is 9.10. The summed E-state index contributed by atoms with van der Waals surface area (Å²) in [5.41, 5.74) is 1.70. The van der Waals surface area contributed by atoms with E-state index in [0.29, 0.717) is 45.8 Å². The number of amides is 2. The maximum Gasteiger partial charge on any atom is 0.338 e. The van der Waals surface area contributed by atoms with Crippen LogP contribution in [0.25, 0.3) is 0 Å². The standard InChI is InChI=1S/C20H27BrN2O5/c1-5-8-9-14-16(19(24)28-7-3)17(23-20(25)22-14)12-10-13(21)18(27-6-2)15(11-12)26-4/h10-11,17H,5-9H2,1-4H3,(H2,22,23,25). The second-order valence-corrected chi connectivity index (χ2v) is 7.07. The van der Waals surface area contributed by atoms with E-state index in [1.165, 1.54) is 0 Å². The van der Waals surface area contributed by atoms with Crippen molar-refractivity contribution in [3.8, 4) is 11.5 Å². The van der Waals surface area contributed by atoms with Crippen LogP contribution in [0.4, 0.5) is 4.79 Å². The van der Waals surface area contributed by atoms with Crippen molar-refractivity contribution in [2.45, 2.75) is 46.1 Å². The third kappa shape index (κ3) is 4.98. The minimum atomic E-state index is -0.652. The summed E-state index contributed by atoms with van der Waals surface area (Å²) >= 11 is 3.50. The maximum absolute atomic E-state index is 12.7. The predicted octanol–water partition coefficient (Wildman–Crippen LogP) is 4.22. The summed E-state index contributed by atoms with van der Waals surface area (Å²) in [7, 11) is 1.55. The second kappa shape index (κ2) is 10.4. The number of hydrogen-bond acceptors (Lipinski definition) is 5. The van der Waals surface area contributed by atoms with E-state index in [9.17, 15) is 9.59 Å². The first-order chi connectivity index (χ1) is 13.5. The Morgan fingerprint density at radius 2 is 1.96 bits per heavy atom.